The Kier molecular flexibility index (Phi) is 6.59. The van der Waals surface area contributed by atoms with Crippen molar-refractivity contribution in [3.8, 4) is 0 Å². The van der Waals surface area contributed by atoms with Crippen LogP contribution in [0.4, 0.5) is 22.0 Å². The van der Waals surface area contributed by atoms with Gasteiger partial charge in [-0.1, -0.05) is 11.2 Å². The number of hydrogen-bond donors (Lipinski definition) is 2. The van der Waals surface area contributed by atoms with E-state index in [2.05, 4.69) is 25.2 Å². The van der Waals surface area contributed by atoms with Crippen LogP contribution in [0, 0.1) is 18.8 Å². The van der Waals surface area contributed by atoms with Crippen molar-refractivity contribution in [2.75, 3.05) is 0 Å². The summed E-state index contributed by atoms with van der Waals surface area (Å²) in [6.45, 7) is 1.53. The molecule has 1 saturated heterocycles. The number of fused-ring (bicyclic) bond motifs is 1. The van der Waals surface area contributed by atoms with Gasteiger partial charge in [-0.3, -0.25) is 9.59 Å². The molecule has 204 valence electrons. The Morgan fingerprint density at radius 2 is 1.97 bits per heavy atom. The largest absolute Gasteiger partial charge is 0.438 e. The first kappa shape index (κ1) is 26.0. The second kappa shape index (κ2) is 9.62. The Labute approximate surface area is 212 Å². The highest BCUT2D eigenvalue weighted by Crippen LogP contribution is 2.42. The fraction of sp³-hybridized carbons (Fsp3) is 0.542. The van der Waals surface area contributed by atoms with Gasteiger partial charge in [0.1, 0.15) is 23.3 Å². The molecule has 1 aliphatic carbocycles. The van der Waals surface area contributed by atoms with Gasteiger partial charge in [-0.05, 0) is 61.4 Å². The monoisotopic (exact) mass is 541 g/mol. The first-order valence-electron chi connectivity index (χ1n) is 12.1. The van der Waals surface area contributed by atoms with Crippen LogP contribution in [0.2, 0.25) is 0 Å². The van der Waals surface area contributed by atoms with E-state index in [1.54, 1.807) is 18.2 Å². The van der Waals surface area contributed by atoms with E-state index in [-0.39, 0.29) is 55.8 Å². The lowest BCUT2D eigenvalue weighted by molar-refractivity contribution is -0.154. The molecule has 0 bridgehead atoms. The lowest BCUT2D eigenvalue weighted by Crippen LogP contribution is -2.38. The number of hydrogen-bond acceptors (Lipinski definition) is 7. The van der Waals surface area contributed by atoms with Crippen molar-refractivity contribution in [2.45, 2.75) is 69.6 Å². The number of carbonyl (C=O) groups is 2. The zero-order valence-electron chi connectivity index (χ0n) is 20.1. The number of benzene rings is 1. The maximum Gasteiger partial charge on any atom is 0.408 e. The Morgan fingerprint density at radius 1 is 1.24 bits per heavy atom. The highest BCUT2D eigenvalue weighted by molar-refractivity contribution is 5.93. The van der Waals surface area contributed by atoms with Crippen molar-refractivity contribution >= 4 is 22.9 Å². The first-order valence-corrected chi connectivity index (χ1v) is 12.1. The number of carbonyl (C=O) groups excluding carboxylic acids is 2. The summed E-state index contributed by atoms with van der Waals surface area (Å²) in [5, 5.41) is 11.9. The zero-order valence-corrected chi connectivity index (χ0v) is 20.1. The van der Waals surface area contributed by atoms with Crippen molar-refractivity contribution in [3.05, 3.63) is 41.0 Å². The van der Waals surface area contributed by atoms with E-state index in [0.717, 1.165) is 0 Å². The third-order valence-electron chi connectivity index (χ3n) is 7.21. The third kappa shape index (κ3) is 5.34. The lowest BCUT2D eigenvalue weighted by Gasteiger charge is -2.32. The van der Waals surface area contributed by atoms with E-state index >= 15 is 0 Å². The minimum Gasteiger partial charge on any atom is -0.438 e. The molecule has 2 N–H and O–H groups in total. The molecule has 2 fully saturated rings. The number of oxazole rings is 1. The highest BCUT2D eigenvalue weighted by atomic mass is 19.4. The van der Waals surface area contributed by atoms with E-state index in [0.29, 0.717) is 16.7 Å². The number of halogens is 5. The van der Waals surface area contributed by atoms with E-state index in [4.69, 9.17) is 4.42 Å². The maximum atomic E-state index is 13.8. The summed E-state index contributed by atoms with van der Waals surface area (Å²) in [6.07, 6.45) is -5.25. The zero-order chi connectivity index (χ0) is 27.2. The van der Waals surface area contributed by atoms with Crippen LogP contribution >= 0.6 is 0 Å². The average molecular weight is 541 g/mol. The van der Waals surface area contributed by atoms with Crippen molar-refractivity contribution in [2.24, 2.45) is 11.8 Å². The molecule has 38 heavy (non-hydrogen) atoms. The van der Waals surface area contributed by atoms with Crippen LogP contribution in [0.1, 0.15) is 65.8 Å². The van der Waals surface area contributed by atoms with Crippen LogP contribution in [-0.4, -0.2) is 45.3 Å². The molecule has 3 unspecified atom stereocenters. The average Bonchev–Trinajstić information content (AvgIpc) is 3.56. The number of amides is 2. The second-order valence-corrected chi connectivity index (χ2v) is 9.94. The molecule has 1 aromatic carbocycles. The molecule has 2 aliphatic rings. The molecule has 3 heterocycles. The Morgan fingerprint density at radius 3 is 2.61 bits per heavy atom. The van der Waals surface area contributed by atoms with Crippen LogP contribution in [0.5, 0.6) is 0 Å². The van der Waals surface area contributed by atoms with Crippen molar-refractivity contribution in [1.82, 2.24) is 25.9 Å². The van der Waals surface area contributed by atoms with E-state index in [1.165, 1.54) is 6.92 Å². The summed E-state index contributed by atoms with van der Waals surface area (Å²) in [5.41, 5.74) is 1.49. The molecular formula is C24H24F5N5O4. The predicted octanol–water partition coefficient (Wildman–Crippen LogP) is 4.43. The van der Waals surface area contributed by atoms with Gasteiger partial charge in [0.25, 0.3) is 5.91 Å². The molecular weight excluding hydrogens is 517 g/mol. The fourth-order valence-electron chi connectivity index (χ4n) is 5.09. The summed E-state index contributed by atoms with van der Waals surface area (Å²) in [5.74, 6) is -5.21. The smallest absolute Gasteiger partial charge is 0.408 e. The van der Waals surface area contributed by atoms with E-state index in [9.17, 15) is 31.5 Å². The van der Waals surface area contributed by atoms with Crippen LogP contribution in [0.15, 0.2) is 27.2 Å². The topological polar surface area (TPSA) is 123 Å². The van der Waals surface area contributed by atoms with E-state index < -0.39 is 47.8 Å². The SMILES string of the molecule is Cc1nonc1C(=O)NC(c1nc2cc(CC3CC(C(F)(F)F)NC3=O)ccc2o1)C1CCC(F)(F)CC1. The second-order valence-electron chi connectivity index (χ2n) is 9.94. The number of aromatic nitrogens is 3. The summed E-state index contributed by atoms with van der Waals surface area (Å²) in [4.78, 5) is 29.4. The Hall–Kier alpha value is -3.58. The van der Waals surface area contributed by atoms with Crippen LogP contribution in [-0.2, 0) is 11.2 Å². The van der Waals surface area contributed by atoms with Crippen LogP contribution in [0.3, 0.4) is 0 Å². The minimum atomic E-state index is -4.52. The van der Waals surface area contributed by atoms with Gasteiger partial charge in [0, 0.05) is 18.8 Å². The molecule has 1 aliphatic heterocycles. The van der Waals surface area contributed by atoms with Gasteiger partial charge in [-0.15, -0.1) is 0 Å². The molecule has 5 rings (SSSR count). The molecule has 0 spiro atoms. The lowest BCUT2D eigenvalue weighted by atomic mass is 9.82. The van der Waals surface area contributed by atoms with Crippen molar-refractivity contribution in [3.63, 3.8) is 0 Å². The van der Waals surface area contributed by atoms with Gasteiger partial charge in [0.05, 0.1) is 0 Å². The fourth-order valence-corrected chi connectivity index (χ4v) is 5.09. The molecule has 14 heteroatoms. The van der Waals surface area contributed by atoms with Gasteiger partial charge in [-0.25, -0.2) is 18.4 Å². The molecule has 0 radical (unpaired) electrons. The number of aryl methyl sites for hydroxylation is 1. The third-order valence-corrected chi connectivity index (χ3v) is 7.21. The normalized spacial score (nSPS) is 22.9. The Bertz CT molecular complexity index is 1340. The van der Waals surface area contributed by atoms with Crippen molar-refractivity contribution in [1.29, 1.82) is 0 Å². The molecule has 9 nitrogen and oxygen atoms in total. The molecule has 2 amide bonds. The minimum absolute atomic E-state index is 0.0541. The summed E-state index contributed by atoms with van der Waals surface area (Å²) in [6, 6.07) is 2.09. The highest BCUT2D eigenvalue weighted by Gasteiger charge is 2.47. The predicted molar refractivity (Wildman–Crippen MR) is 120 cm³/mol. The van der Waals surface area contributed by atoms with Crippen LogP contribution < -0.4 is 10.6 Å². The molecule has 3 atom stereocenters. The Balaban J connectivity index is 1.38. The van der Waals surface area contributed by atoms with Gasteiger partial charge < -0.3 is 15.1 Å². The number of rotatable bonds is 6. The van der Waals surface area contributed by atoms with Gasteiger partial charge in [0.15, 0.2) is 11.3 Å². The number of nitrogens with zero attached hydrogens (tertiary/aromatic N) is 3. The number of nitrogens with one attached hydrogen (secondary N) is 2. The number of alkyl halides is 5. The quantitative estimate of drug-likeness (QED) is 0.443. The summed E-state index contributed by atoms with van der Waals surface area (Å²) in [7, 11) is 0. The summed E-state index contributed by atoms with van der Waals surface area (Å²) >= 11 is 0. The molecule has 3 aromatic rings. The van der Waals surface area contributed by atoms with Crippen molar-refractivity contribution < 1.29 is 40.6 Å². The first-order chi connectivity index (χ1) is 17.9. The van der Waals surface area contributed by atoms with Gasteiger partial charge in [0.2, 0.25) is 17.7 Å². The van der Waals surface area contributed by atoms with Gasteiger partial charge in [-0.2, -0.15) is 13.2 Å². The maximum absolute atomic E-state index is 13.8. The summed E-state index contributed by atoms with van der Waals surface area (Å²) < 4.78 is 77.2. The molecule has 2 aromatic heterocycles. The van der Waals surface area contributed by atoms with Gasteiger partial charge >= 0.3 is 6.18 Å². The van der Waals surface area contributed by atoms with Crippen LogP contribution in [0.25, 0.3) is 11.1 Å². The standard InChI is InChI=1S/C24H24F5N5O4/c1-11-18(34-38-33-11)21(36)32-19(13-4-6-23(25,26)7-5-13)22-30-15-9-12(2-3-16(15)37-22)8-14-10-17(24(27,28)29)31-20(14)35/h2-3,9,13-14,17,19H,4-8,10H2,1H3,(H,31,35)(H,32,36). The molecule has 1 saturated carbocycles. The van der Waals surface area contributed by atoms with E-state index in [1.807, 2.05) is 5.32 Å².